The highest BCUT2D eigenvalue weighted by atomic mass is 16.6. The van der Waals surface area contributed by atoms with Gasteiger partial charge in [0.05, 0.1) is 6.54 Å². The lowest BCUT2D eigenvalue weighted by Crippen LogP contribution is -2.54. The minimum Gasteiger partial charge on any atom is -0.443 e. The Morgan fingerprint density at radius 2 is 1.67 bits per heavy atom. The first kappa shape index (κ1) is 22.2. The number of benzene rings is 1. The average Bonchev–Trinajstić information content (AvgIpc) is 2.56. The topological polar surface area (TPSA) is 109 Å². The molecule has 0 saturated heterocycles. The first-order valence-electron chi connectivity index (χ1n) is 8.58. The van der Waals surface area contributed by atoms with E-state index in [1.54, 1.807) is 34.6 Å². The Bertz CT molecular complexity index is 628. The molecule has 3 N–H and O–H groups in total. The molecule has 0 aliphatic heterocycles. The lowest BCUT2D eigenvalue weighted by Gasteiger charge is -2.28. The zero-order valence-corrected chi connectivity index (χ0v) is 16.4. The molecule has 1 rings (SSSR count). The predicted molar refractivity (Wildman–Crippen MR) is 99.1 cm³/mol. The summed E-state index contributed by atoms with van der Waals surface area (Å²) in [5, 5.41) is 1.39. The SMILES string of the molecule is CC(C)N(CC(=O)NNC(=O)OCc1ccccc1)NC(=O)OC(C)(C)C. The van der Waals surface area contributed by atoms with Gasteiger partial charge in [0.25, 0.3) is 5.91 Å². The number of hydrogen-bond donors (Lipinski definition) is 3. The molecule has 0 fully saturated rings. The van der Waals surface area contributed by atoms with Crippen LogP contribution in [0.5, 0.6) is 0 Å². The fraction of sp³-hybridized carbons (Fsp3) is 0.500. The van der Waals surface area contributed by atoms with Gasteiger partial charge < -0.3 is 9.47 Å². The van der Waals surface area contributed by atoms with Gasteiger partial charge in [-0.15, -0.1) is 0 Å². The minimum absolute atomic E-state index is 0.0842. The quantitative estimate of drug-likeness (QED) is 0.652. The van der Waals surface area contributed by atoms with E-state index in [0.717, 1.165) is 5.56 Å². The van der Waals surface area contributed by atoms with Crippen LogP contribution in [0.4, 0.5) is 9.59 Å². The Morgan fingerprint density at radius 1 is 1.04 bits per heavy atom. The molecule has 3 amide bonds. The Kier molecular flexibility index (Phi) is 8.53. The van der Waals surface area contributed by atoms with Gasteiger partial charge in [0.1, 0.15) is 12.2 Å². The second-order valence-corrected chi connectivity index (χ2v) is 7.07. The molecule has 0 saturated carbocycles. The van der Waals surface area contributed by atoms with Crippen molar-refractivity contribution in [2.45, 2.75) is 52.9 Å². The van der Waals surface area contributed by atoms with Crippen molar-refractivity contribution >= 4 is 18.1 Å². The molecule has 0 aromatic heterocycles. The highest BCUT2D eigenvalue weighted by Gasteiger charge is 2.21. The van der Waals surface area contributed by atoms with E-state index in [-0.39, 0.29) is 19.2 Å². The second kappa shape index (κ2) is 10.4. The molecule has 9 nitrogen and oxygen atoms in total. The van der Waals surface area contributed by atoms with Gasteiger partial charge >= 0.3 is 12.2 Å². The number of nitrogens with one attached hydrogen (secondary N) is 3. The third-order valence-electron chi connectivity index (χ3n) is 3.09. The van der Waals surface area contributed by atoms with Crippen molar-refractivity contribution in [1.82, 2.24) is 21.3 Å². The fourth-order valence-corrected chi connectivity index (χ4v) is 1.84. The van der Waals surface area contributed by atoms with Gasteiger partial charge in [-0.2, -0.15) is 0 Å². The summed E-state index contributed by atoms with van der Waals surface area (Å²) in [6, 6.07) is 8.97. The van der Waals surface area contributed by atoms with Crippen LogP contribution in [-0.4, -0.2) is 41.3 Å². The van der Waals surface area contributed by atoms with Gasteiger partial charge in [0.2, 0.25) is 0 Å². The van der Waals surface area contributed by atoms with Crippen LogP contribution in [0.2, 0.25) is 0 Å². The molecular formula is C18H28N4O5. The van der Waals surface area contributed by atoms with Crippen molar-refractivity contribution in [2.24, 2.45) is 0 Å². The third kappa shape index (κ3) is 10.0. The van der Waals surface area contributed by atoms with Crippen LogP contribution in [0.15, 0.2) is 30.3 Å². The van der Waals surface area contributed by atoms with Gasteiger partial charge in [-0.25, -0.2) is 20.0 Å². The van der Waals surface area contributed by atoms with Crippen molar-refractivity contribution in [1.29, 1.82) is 0 Å². The van der Waals surface area contributed by atoms with Crippen LogP contribution in [-0.2, 0) is 20.9 Å². The van der Waals surface area contributed by atoms with Crippen molar-refractivity contribution in [3.8, 4) is 0 Å². The number of amides is 3. The smallest absolute Gasteiger partial charge is 0.426 e. The Balaban J connectivity index is 2.38. The van der Waals surface area contributed by atoms with Crippen LogP contribution >= 0.6 is 0 Å². The van der Waals surface area contributed by atoms with Crippen molar-refractivity contribution < 1.29 is 23.9 Å². The number of rotatable bonds is 6. The summed E-state index contributed by atoms with van der Waals surface area (Å²) in [7, 11) is 0. The van der Waals surface area contributed by atoms with Gasteiger partial charge in [-0.3, -0.25) is 15.6 Å². The summed E-state index contributed by atoms with van der Waals surface area (Å²) >= 11 is 0. The van der Waals surface area contributed by atoms with Crippen LogP contribution in [0.1, 0.15) is 40.2 Å². The van der Waals surface area contributed by atoms with Crippen LogP contribution in [0.3, 0.4) is 0 Å². The zero-order valence-electron chi connectivity index (χ0n) is 16.4. The van der Waals surface area contributed by atoms with Crippen molar-refractivity contribution in [2.75, 3.05) is 6.54 Å². The molecule has 0 radical (unpaired) electrons. The molecule has 150 valence electrons. The van der Waals surface area contributed by atoms with Gasteiger partial charge in [0, 0.05) is 6.04 Å². The number of carbonyl (C=O) groups excluding carboxylic acids is 3. The molecule has 0 aliphatic carbocycles. The first-order chi connectivity index (χ1) is 12.6. The Morgan fingerprint density at radius 3 is 2.22 bits per heavy atom. The highest BCUT2D eigenvalue weighted by molar-refractivity contribution is 5.81. The Hall–Kier alpha value is -2.81. The molecular weight excluding hydrogens is 352 g/mol. The zero-order chi connectivity index (χ0) is 20.4. The highest BCUT2D eigenvalue weighted by Crippen LogP contribution is 2.07. The van der Waals surface area contributed by atoms with Gasteiger partial charge in [0.15, 0.2) is 0 Å². The third-order valence-corrected chi connectivity index (χ3v) is 3.09. The number of hydrazine groups is 2. The monoisotopic (exact) mass is 380 g/mol. The van der Waals surface area contributed by atoms with Crippen LogP contribution in [0.25, 0.3) is 0 Å². The molecule has 0 atom stereocenters. The van der Waals surface area contributed by atoms with Crippen LogP contribution in [0, 0.1) is 0 Å². The largest absolute Gasteiger partial charge is 0.443 e. The molecule has 0 bridgehead atoms. The molecule has 9 heteroatoms. The molecule has 1 aromatic carbocycles. The van der Waals surface area contributed by atoms with E-state index in [4.69, 9.17) is 9.47 Å². The molecule has 0 unspecified atom stereocenters. The molecule has 0 heterocycles. The van der Waals surface area contributed by atoms with E-state index >= 15 is 0 Å². The lowest BCUT2D eigenvalue weighted by atomic mass is 10.2. The maximum absolute atomic E-state index is 12.0. The minimum atomic E-state index is -0.789. The van der Waals surface area contributed by atoms with Crippen LogP contribution < -0.4 is 16.3 Å². The van der Waals surface area contributed by atoms with Gasteiger partial charge in [-0.1, -0.05) is 30.3 Å². The summed E-state index contributed by atoms with van der Waals surface area (Å²) in [6.07, 6.45) is -1.46. The summed E-state index contributed by atoms with van der Waals surface area (Å²) in [4.78, 5) is 35.5. The summed E-state index contributed by atoms with van der Waals surface area (Å²) in [6.45, 7) is 8.72. The molecule has 0 spiro atoms. The first-order valence-corrected chi connectivity index (χ1v) is 8.58. The maximum Gasteiger partial charge on any atom is 0.426 e. The van der Waals surface area contributed by atoms with E-state index in [2.05, 4.69) is 16.3 Å². The summed E-state index contributed by atoms with van der Waals surface area (Å²) in [5.74, 6) is -0.531. The van der Waals surface area contributed by atoms with E-state index in [0.29, 0.717) is 0 Å². The van der Waals surface area contributed by atoms with Gasteiger partial charge in [-0.05, 0) is 40.2 Å². The van der Waals surface area contributed by atoms with Crippen molar-refractivity contribution in [3.63, 3.8) is 0 Å². The van der Waals surface area contributed by atoms with E-state index in [1.165, 1.54) is 5.01 Å². The summed E-state index contributed by atoms with van der Waals surface area (Å²) < 4.78 is 10.1. The molecule has 1 aromatic rings. The fourth-order valence-electron chi connectivity index (χ4n) is 1.84. The van der Waals surface area contributed by atoms with E-state index < -0.39 is 23.7 Å². The molecule has 0 aliphatic rings. The predicted octanol–water partition coefficient (Wildman–Crippen LogP) is 2.09. The standard InChI is InChI=1S/C18H28N4O5/c1-13(2)22(21-17(25)27-18(3,4)5)11-15(23)19-20-16(24)26-12-14-9-7-6-8-10-14/h6-10,13H,11-12H2,1-5H3,(H,19,23)(H,20,24)(H,21,25). The Labute approximate surface area is 159 Å². The number of hydrogen-bond acceptors (Lipinski definition) is 6. The molecule has 27 heavy (non-hydrogen) atoms. The lowest BCUT2D eigenvalue weighted by molar-refractivity contribution is -0.124. The number of nitrogens with zero attached hydrogens (tertiary/aromatic N) is 1. The maximum atomic E-state index is 12.0. The van der Waals surface area contributed by atoms with E-state index in [9.17, 15) is 14.4 Å². The number of carbonyl (C=O) groups is 3. The normalized spacial score (nSPS) is 11.1. The van der Waals surface area contributed by atoms with E-state index in [1.807, 2.05) is 30.3 Å². The summed E-state index contributed by atoms with van der Waals surface area (Å²) in [5.41, 5.74) is 7.06. The second-order valence-electron chi connectivity index (χ2n) is 7.07. The van der Waals surface area contributed by atoms with Crippen molar-refractivity contribution in [3.05, 3.63) is 35.9 Å². The average molecular weight is 380 g/mol. The number of ether oxygens (including phenoxy) is 2.